The molecule has 0 radical (unpaired) electrons. The number of carbonyl (C=O) groups is 4. The number of carboxylic acids is 1. The maximum absolute atomic E-state index is 11.7. The topological polar surface area (TPSA) is 139 Å². The molecule has 20 heavy (non-hydrogen) atoms. The van der Waals surface area contributed by atoms with E-state index in [1.165, 1.54) is 6.92 Å². The SMILES string of the molecule is CCC(NC(=O)CCC(N)C(=O)O)C(=O)NCC(C)=O. The minimum Gasteiger partial charge on any atom is -0.480 e. The highest BCUT2D eigenvalue weighted by Crippen LogP contribution is 1.98. The molecule has 0 saturated heterocycles. The number of nitrogens with two attached hydrogens (primary N) is 1. The number of carboxylic acid groups (broad SMARTS) is 1. The van der Waals surface area contributed by atoms with Crippen molar-refractivity contribution in [2.45, 2.75) is 45.2 Å². The molecule has 0 aromatic rings. The Bertz CT molecular complexity index is 383. The molecule has 2 amide bonds. The van der Waals surface area contributed by atoms with E-state index in [0.29, 0.717) is 6.42 Å². The monoisotopic (exact) mass is 287 g/mol. The maximum atomic E-state index is 11.7. The largest absolute Gasteiger partial charge is 0.480 e. The molecule has 0 rings (SSSR count). The van der Waals surface area contributed by atoms with Crippen molar-refractivity contribution < 1.29 is 24.3 Å². The molecule has 0 aliphatic heterocycles. The van der Waals surface area contributed by atoms with Gasteiger partial charge in [-0.25, -0.2) is 0 Å². The molecule has 0 saturated carbocycles. The predicted molar refractivity (Wildman–Crippen MR) is 70.8 cm³/mol. The normalized spacial score (nSPS) is 13.2. The van der Waals surface area contributed by atoms with Crippen LogP contribution < -0.4 is 16.4 Å². The molecule has 8 heteroatoms. The molecule has 5 N–H and O–H groups in total. The predicted octanol–water partition coefficient (Wildman–Crippen LogP) is -1.22. The molecule has 0 bridgehead atoms. The second-order valence-corrected chi connectivity index (χ2v) is 4.43. The summed E-state index contributed by atoms with van der Waals surface area (Å²) in [6, 6.07) is -1.85. The molecule has 2 unspecified atom stereocenters. The zero-order valence-electron chi connectivity index (χ0n) is 11.6. The maximum Gasteiger partial charge on any atom is 0.320 e. The van der Waals surface area contributed by atoms with Gasteiger partial charge in [-0.05, 0) is 19.8 Å². The second-order valence-electron chi connectivity index (χ2n) is 4.43. The summed E-state index contributed by atoms with van der Waals surface area (Å²) in [4.78, 5) is 44.5. The molecule has 0 heterocycles. The molecule has 114 valence electrons. The highest BCUT2D eigenvalue weighted by atomic mass is 16.4. The summed E-state index contributed by atoms with van der Waals surface area (Å²) in [5.74, 6) is -2.26. The zero-order chi connectivity index (χ0) is 15.7. The van der Waals surface area contributed by atoms with E-state index in [-0.39, 0.29) is 25.2 Å². The zero-order valence-corrected chi connectivity index (χ0v) is 11.6. The smallest absolute Gasteiger partial charge is 0.320 e. The molecule has 8 nitrogen and oxygen atoms in total. The Morgan fingerprint density at radius 3 is 2.30 bits per heavy atom. The Balaban J connectivity index is 4.21. The number of amides is 2. The van der Waals surface area contributed by atoms with Crippen LogP contribution in [0.25, 0.3) is 0 Å². The van der Waals surface area contributed by atoms with Crippen molar-refractivity contribution in [2.75, 3.05) is 6.54 Å². The summed E-state index contributed by atoms with van der Waals surface area (Å²) in [6.45, 7) is 2.96. The van der Waals surface area contributed by atoms with Crippen LogP contribution in [0.15, 0.2) is 0 Å². The van der Waals surface area contributed by atoms with Gasteiger partial charge in [-0.1, -0.05) is 6.92 Å². The number of Topliss-reactive ketones (excluding diaryl/α,β-unsaturated/α-hetero) is 1. The first kappa shape index (κ1) is 18.0. The number of nitrogens with one attached hydrogen (secondary N) is 2. The third-order valence-corrected chi connectivity index (χ3v) is 2.57. The van der Waals surface area contributed by atoms with Crippen LogP contribution in [0.1, 0.15) is 33.1 Å². The summed E-state index contributed by atoms with van der Waals surface area (Å²) < 4.78 is 0. The highest BCUT2D eigenvalue weighted by molar-refractivity contribution is 5.90. The lowest BCUT2D eigenvalue weighted by molar-refractivity contribution is -0.138. The summed E-state index contributed by atoms with van der Waals surface area (Å²) in [7, 11) is 0. The van der Waals surface area contributed by atoms with Gasteiger partial charge in [0.2, 0.25) is 11.8 Å². The average Bonchev–Trinajstić information content (AvgIpc) is 2.38. The number of hydrogen-bond acceptors (Lipinski definition) is 5. The van der Waals surface area contributed by atoms with Crippen LogP contribution in [-0.4, -0.2) is 47.3 Å². The Morgan fingerprint density at radius 1 is 1.25 bits per heavy atom. The first-order valence-corrected chi connectivity index (χ1v) is 6.32. The number of ketones is 1. The van der Waals surface area contributed by atoms with Gasteiger partial charge in [-0.2, -0.15) is 0 Å². The van der Waals surface area contributed by atoms with Crippen molar-refractivity contribution >= 4 is 23.6 Å². The molecule has 0 aliphatic rings. The van der Waals surface area contributed by atoms with Crippen LogP contribution >= 0.6 is 0 Å². The van der Waals surface area contributed by atoms with Crippen LogP contribution in [0, 0.1) is 0 Å². The van der Waals surface area contributed by atoms with Gasteiger partial charge in [0.15, 0.2) is 0 Å². The van der Waals surface area contributed by atoms with E-state index < -0.39 is 29.9 Å². The third-order valence-electron chi connectivity index (χ3n) is 2.57. The lowest BCUT2D eigenvalue weighted by Gasteiger charge is -2.16. The van der Waals surface area contributed by atoms with Crippen LogP contribution in [0.3, 0.4) is 0 Å². The van der Waals surface area contributed by atoms with E-state index in [1.807, 2.05) is 0 Å². The summed E-state index contributed by atoms with van der Waals surface area (Å²) in [6.07, 6.45) is 0.275. The molecule has 0 aromatic heterocycles. The lowest BCUT2D eigenvalue weighted by atomic mass is 10.1. The van der Waals surface area contributed by atoms with Gasteiger partial charge in [0.25, 0.3) is 0 Å². The fraction of sp³-hybridized carbons (Fsp3) is 0.667. The van der Waals surface area contributed by atoms with Crippen molar-refractivity contribution in [2.24, 2.45) is 5.73 Å². The first-order valence-electron chi connectivity index (χ1n) is 6.32. The number of carbonyl (C=O) groups excluding carboxylic acids is 3. The van der Waals surface area contributed by atoms with E-state index in [1.54, 1.807) is 6.92 Å². The van der Waals surface area contributed by atoms with E-state index in [0.717, 1.165) is 0 Å². The van der Waals surface area contributed by atoms with Crippen LogP contribution in [0.2, 0.25) is 0 Å². The molecule has 2 atom stereocenters. The summed E-state index contributed by atoms with van der Waals surface area (Å²) in [5, 5.41) is 13.5. The second kappa shape index (κ2) is 9.03. The van der Waals surface area contributed by atoms with Crippen molar-refractivity contribution in [1.82, 2.24) is 10.6 Å². The average molecular weight is 287 g/mol. The molecular weight excluding hydrogens is 266 g/mol. The van der Waals surface area contributed by atoms with E-state index in [4.69, 9.17) is 10.8 Å². The minimum atomic E-state index is -1.18. The van der Waals surface area contributed by atoms with Crippen molar-refractivity contribution in [1.29, 1.82) is 0 Å². The van der Waals surface area contributed by atoms with Crippen LogP contribution in [0.4, 0.5) is 0 Å². The van der Waals surface area contributed by atoms with Crippen molar-refractivity contribution in [3.05, 3.63) is 0 Å². The molecule has 0 aliphatic carbocycles. The van der Waals surface area contributed by atoms with Gasteiger partial charge in [0.05, 0.1) is 6.54 Å². The van der Waals surface area contributed by atoms with Crippen molar-refractivity contribution in [3.8, 4) is 0 Å². The lowest BCUT2D eigenvalue weighted by Crippen LogP contribution is -2.47. The highest BCUT2D eigenvalue weighted by Gasteiger charge is 2.20. The summed E-state index contributed by atoms with van der Waals surface area (Å²) >= 11 is 0. The Hall–Kier alpha value is -1.96. The van der Waals surface area contributed by atoms with Gasteiger partial charge in [0, 0.05) is 6.42 Å². The van der Waals surface area contributed by atoms with E-state index in [9.17, 15) is 19.2 Å². The fourth-order valence-electron chi connectivity index (χ4n) is 1.36. The first-order chi connectivity index (χ1) is 9.27. The van der Waals surface area contributed by atoms with Crippen LogP contribution in [0.5, 0.6) is 0 Å². The van der Waals surface area contributed by atoms with Gasteiger partial charge in [0.1, 0.15) is 17.9 Å². The van der Waals surface area contributed by atoms with E-state index in [2.05, 4.69) is 10.6 Å². The Morgan fingerprint density at radius 2 is 1.85 bits per heavy atom. The molecule has 0 aromatic carbocycles. The third kappa shape index (κ3) is 7.47. The minimum absolute atomic E-state index is 0.00728. The van der Waals surface area contributed by atoms with Gasteiger partial charge in [-0.3, -0.25) is 19.2 Å². The van der Waals surface area contributed by atoms with Gasteiger partial charge in [-0.15, -0.1) is 0 Å². The summed E-state index contributed by atoms with van der Waals surface area (Å²) in [5.41, 5.74) is 5.27. The molecular formula is C12H21N3O5. The molecule has 0 spiro atoms. The standard InChI is InChI=1S/C12H21N3O5/c1-3-9(11(18)14-6-7(2)16)15-10(17)5-4-8(13)12(19)20/h8-9H,3-6,13H2,1-2H3,(H,14,18)(H,15,17)(H,19,20). The van der Waals surface area contributed by atoms with Gasteiger partial charge >= 0.3 is 5.97 Å². The van der Waals surface area contributed by atoms with Crippen molar-refractivity contribution in [3.63, 3.8) is 0 Å². The quantitative estimate of drug-likeness (QED) is 0.419. The van der Waals surface area contributed by atoms with Crippen LogP contribution in [-0.2, 0) is 19.2 Å². The van der Waals surface area contributed by atoms with E-state index >= 15 is 0 Å². The molecule has 0 fully saturated rings. The number of rotatable bonds is 9. The Kier molecular flexibility index (Phi) is 8.14. The fourth-order valence-corrected chi connectivity index (χ4v) is 1.36. The number of aliphatic carboxylic acids is 1. The van der Waals surface area contributed by atoms with Gasteiger partial charge < -0.3 is 21.5 Å². The number of hydrogen-bond donors (Lipinski definition) is 4. The Labute approximate surface area is 117 Å².